The van der Waals surface area contributed by atoms with E-state index < -0.39 is 0 Å². The zero-order chi connectivity index (χ0) is 23.7. The minimum absolute atomic E-state index is 0.00867. The Morgan fingerprint density at radius 1 is 1.00 bits per heavy atom. The summed E-state index contributed by atoms with van der Waals surface area (Å²) in [5.41, 5.74) is 6.94. The van der Waals surface area contributed by atoms with Gasteiger partial charge in [0.2, 0.25) is 5.91 Å². The number of carbonyl (C=O) groups is 1. The molecule has 0 bridgehead atoms. The molecule has 5 rings (SSSR count). The maximum atomic E-state index is 13.1. The van der Waals surface area contributed by atoms with Crippen LogP contribution in [0.5, 0.6) is 11.5 Å². The number of rotatable bonds is 5. The molecule has 1 aromatic heterocycles. The molecule has 2 heterocycles. The Labute approximate surface area is 199 Å². The lowest BCUT2D eigenvalue weighted by molar-refractivity contribution is -0.126. The fraction of sp³-hybridized carbons (Fsp3) is 0.207. The van der Waals surface area contributed by atoms with Gasteiger partial charge in [-0.25, -0.2) is 0 Å². The number of nitrogens with zero attached hydrogens (tertiary/aromatic N) is 1. The number of fused-ring (bicyclic) bond motifs is 2. The van der Waals surface area contributed by atoms with Gasteiger partial charge in [0, 0.05) is 41.7 Å². The first kappa shape index (κ1) is 21.8. The van der Waals surface area contributed by atoms with Gasteiger partial charge in [0.1, 0.15) is 17.1 Å². The fourth-order valence-corrected chi connectivity index (χ4v) is 4.58. The first-order valence-corrected chi connectivity index (χ1v) is 11.4. The Morgan fingerprint density at radius 3 is 2.62 bits per heavy atom. The summed E-state index contributed by atoms with van der Waals surface area (Å²) >= 11 is 0. The zero-order valence-electron chi connectivity index (χ0n) is 19.6. The van der Waals surface area contributed by atoms with E-state index in [9.17, 15) is 4.79 Å². The standard InChI is InChI=1S/C29H27NO4/c1-19(13-29(31)30-12-11-20-7-4-5-8-22(20)17-30)24-15-25-26(18-34-28(25)16-27(24)33-3)21-9-6-10-23(14-21)32-2/h4-10,13-16,18H,11-12,17H2,1-3H3/b19-13+. The van der Waals surface area contributed by atoms with E-state index in [-0.39, 0.29) is 5.91 Å². The van der Waals surface area contributed by atoms with Crippen LogP contribution >= 0.6 is 0 Å². The topological polar surface area (TPSA) is 51.9 Å². The van der Waals surface area contributed by atoms with Crippen molar-refractivity contribution < 1.29 is 18.7 Å². The summed E-state index contributed by atoms with van der Waals surface area (Å²) < 4.78 is 16.9. The van der Waals surface area contributed by atoms with Crippen LogP contribution in [0.4, 0.5) is 0 Å². The van der Waals surface area contributed by atoms with Gasteiger partial charge in [0.05, 0.1) is 20.5 Å². The van der Waals surface area contributed by atoms with E-state index >= 15 is 0 Å². The lowest BCUT2D eigenvalue weighted by Gasteiger charge is -2.28. The maximum absolute atomic E-state index is 13.1. The van der Waals surface area contributed by atoms with Gasteiger partial charge in [0.15, 0.2) is 0 Å². The largest absolute Gasteiger partial charge is 0.497 e. The predicted molar refractivity (Wildman–Crippen MR) is 134 cm³/mol. The van der Waals surface area contributed by atoms with E-state index in [0.29, 0.717) is 12.3 Å². The van der Waals surface area contributed by atoms with E-state index in [2.05, 4.69) is 18.2 Å². The van der Waals surface area contributed by atoms with Gasteiger partial charge in [-0.05, 0) is 53.8 Å². The molecule has 0 fully saturated rings. The lowest BCUT2D eigenvalue weighted by atomic mass is 9.98. The molecule has 3 aromatic carbocycles. The Hall–Kier alpha value is -3.99. The van der Waals surface area contributed by atoms with Gasteiger partial charge in [-0.15, -0.1) is 0 Å². The van der Waals surface area contributed by atoms with Crippen LogP contribution in [0, 0.1) is 0 Å². The van der Waals surface area contributed by atoms with E-state index in [0.717, 1.165) is 51.9 Å². The van der Waals surface area contributed by atoms with Gasteiger partial charge >= 0.3 is 0 Å². The zero-order valence-corrected chi connectivity index (χ0v) is 19.6. The average molecular weight is 454 g/mol. The predicted octanol–water partition coefficient (Wildman–Crippen LogP) is 6.11. The number of methoxy groups -OCH3 is 2. The number of amides is 1. The van der Waals surface area contributed by atoms with Crippen LogP contribution in [-0.2, 0) is 17.8 Å². The summed E-state index contributed by atoms with van der Waals surface area (Å²) in [6, 6.07) is 20.1. The molecule has 0 spiro atoms. The van der Waals surface area contributed by atoms with Crippen molar-refractivity contribution in [2.24, 2.45) is 0 Å². The first-order valence-electron chi connectivity index (χ1n) is 11.4. The van der Waals surface area contributed by atoms with Crippen molar-refractivity contribution in [2.75, 3.05) is 20.8 Å². The molecule has 0 N–H and O–H groups in total. The van der Waals surface area contributed by atoms with Crippen LogP contribution in [0.15, 0.2) is 77.4 Å². The van der Waals surface area contributed by atoms with Gasteiger partial charge in [-0.1, -0.05) is 36.4 Å². The van der Waals surface area contributed by atoms with Gasteiger partial charge in [0.25, 0.3) is 0 Å². The maximum Gasteiger partial charge on any atom is 0.247 e. The van der Waals surface area contributed by atoms with Crippen molar-refractivity contribution >= 4 is 22.4 Å². The van der Waals surface area contributed by atoms with E-state index in [4.69, 9.17) is 13.9 Å². The highest BCUT2D eigenvalue weighted by Crippen LogP contribution is 2.38. The highest BCUT2D eigenvalue weighted by molar-refractivity contribution is 6.00. The summed E-state index contributed by atoms with van der Waals surface area (Å²) in [5.74, 6) is 1.46. The first-order chi connectivity index (χ1) is 16.6. The Bertz CT molecular complexity index is 1400. The van der Waals surface area contributed by atoms with Crippen LogP contribution < -0.4 is 9.47 Å². The third-order valence-electron chi connectivity index (χ3n) is 6.48. The second kappa shape index (κ2) is 9.10. The lowest BCUT2D eigenvalue weighted by Crippen LogP contribution is -2.34. The number of furan rings is 1. The summed E-state index contributed by atoms with van der Waals surface area (Å²) in [5, 5.41) is 0.955. The Balaban J connectivity index is 1.49. The number of benzene rings is 3. The summed E-state index contributed by atoms with van der Waals surface area (Å²) in [6.07, 6.45) is 4.34. The molecule has 0 aliphatic carbocycles. The third kappa shape index (κ3) is 4.05. The number of carbonyl (C=O) groups excluding carboxylic acids is 1. The molecular formula is C29H27NO4. The van der Waals surface area contributed by atoms with Crippen molar-refractivity contribution in [2.45, 2.75) is 19.9 Å². The molecule has 0 unspecified atom stereocenters. The number of hydrogen-bond acceptors (Lipinski definition) is 4. The second-order valence-corrected chi connectivity index (χ2v) is 8.54. The van der Waals surface area contributed by atoms with Crippen LogP contribution in [0.1, 0.15) is 23.6 Å². The summed E-state index contributed by atoms with van der Waals surface area (Å²) in [7, 11) is 3.29. The van der Waals surface area contributed by atoms with Crippen molar-refractivity contribution in [3.63, 3.8) is 0 Å². The van der Waals surface area contributed by atoms with Gasteiger partial charge in [-0.2, -0.15) is 0 Å². The monoisotopic (exact) mass is 453 g/mol. The number of allylic oxidation sites excluding steroid dienone is 1. The number of ether oxygens (including phenoxy) is 2. The van der Waals surface area contributed by atoms with Crippen molar-refractivity contribution in [3.05, 3.63) is 89.7 Å². The fourth-order valence-electron chi connectivity index (χ4n) is 4.58. The third-order valence-corrected chi connectivity index (χ3v) is 6.48. The van der Waals surface area contributed by atoms with E-state index in [1.807, 2.05) is 54.3 Å². The molecule has 172 valence electrons. The molecule has 0 atom stereocenters. The molecule has 0 saturated heterocycles. The van der Waals surface area contributed by atoms with Crippen LogP contribution in [0.25, 0.3) is 27.7 Å². The van der Waals surface area contributed by atoms with E-state index in [1.54, 1.807) is 26.6 Å². The summed E-state index contributed by atoms with van der Waals surface area (Å²) in [6.45, 7) is 3.30. The molecule has 0 radical (unpaired) electrons. The van der Waals surface area contributed by atoms with Gasteiger partial charge < -0.3 is 18.8 Å². The van der Waals surface area contributed by atoms with Crippen LogP contribution in [0.3, 0.4) is 0 Å². The molecule has 1 amide bonds. The Morgan fingerprint density at radius 2 is 1.82 bits per heavy atom. The molecule has 1 aliphatic heterocycles. The quantitative estimate of drug-likeness (QED) is 0.342. The molecule has 4 aromatic rings. The molecule has 34 heavy (non-hydrogen) atoms. The summed E-state index contributed by atoms with van der Waals surface area (Å²) in [4.78, 5) is 15.0. The van der Waals surface area contributed by atoms with Crippen molar-refractivity contribution in [3.8, 4) is 22.6 Å². The average Bonchev–Trinajstić information content (AvgIpc) is 3.30. The molecular weight excluding hydrogens is 426 g/mol. The van der Waals surface area contributed by atoms with E-state index in [1.165, 1.54) is 11.1 Å². The SMILES string of the molecule is COc1cccc(-c2coc3cc(OC)c(/C(C)=C/C(=O)N4CCc5ccccc5C4)cc23)c1. The molecule has 5 heteroatoms. The van der Waals surface area contributed by atoms with Crippen molar-refractivity contribution in [1.82, 2.24) is 4.90 Å². The normalized spacial score (nSPS) is 13.6. The minimum Gasteiger partial charge on any atom is -0.497 e. The molecule has 5 nitrogen and oxygen atoms in total. The van der Waals surface area contributed by atoms with Crippen molar-refractivity contribution in [1.29, 1.82) is 0 Å². The highest BCUT2D eigenvalue weighted by atomic mass is 16.5. The smallest absolute Gasteiger partial charge is 0.247 e. The second-order valence-electron chi connectivity index (χ2n) is 8.54. The molecule has 0 saturated carbocycles. The minimum atomic E-state index is 0.00867. The van der Waals surface area contributed by atoms with Crippen LogP contribution in [-0.4, -0.2) is 31.6 Å². The van der Waals surface area contributed by atoms with Gasteiger partial charge in [-0.3, -0.25) is 4.79 Å². The number of hydrogen-bond donors (Lipinski definition) is 0. The van der Waals surface area contributed by atoms with Crippen LogP contribution in [0.2, 0.25) is 0 Å². The molecule has 1 aliphatic rings. The Kier molecular flexibility index (Phi) is 5.84. The highest BCUT2D eigenvalue weighted by Gasteiger charge is 2.20.